The second kappa shape index (κ2) is 16.9. The number of rotatable bonds is 17. The van der Waals surface area contributed by atoms with Crippen LogP contribution in [0.5, 0.6) is 34.5 Å². The summed E-state index contributed by atoms with van der Waals surface area (Å²) >= 11 is 0. The van der Waals surface area contributed by atoms with Crippen molar-refractivity contribution in [3.63, 3.8) is 0 Å². The molecule has 0 saturated carbocycles. The molecule has 9 nitrogen and oxygen atoms in total. The van der Waals surface area contributed by atoms with Crippen LogP contribution in [0.25, 0.3) is 0 Å². The Bertz CT molecular complexity index is 1560. The molecular formula is C37H51F3O9S2. The molecule has 0 unspecified atom stereocenters. The van der Waals surface area contributed by atoms with Crippen molar-refractivity contribution in [3.05, 3.63) is 54.6 Å². The highest BCUT2D eigenvalue weighted by Crippen LogP contribution is 2.78. The normalized spacial score (nSPS) is 13.0. The second-order valence-electron chi connectivity index (χ2n) is 13.3. The molecule has 0 aliphatic carbocycles. The fourth-order valence-corrected chi connectivity index (χ4v) is 9.97. The first kappa shape index (κ1) is 41.9. The lowest BCUT2D eigenvalue weighted by molar-refractivity contribution is -0.0496. The lowest BCUT2D eigenvalue weighted by atomic mass is 10.2. The van der Waals surface area contributed by atoms with E-state index >= 15 is 0 Å². The highest BCUT2D eigenvalue weighted by atomic mass is 32.3. The first-order valence-corrected chi connectivity index (χ1v) is 19.8. The summed E-state index contributed by atoms with van der Waals surface area (Å²) in [5.74, 6) is 0.454. The van der Waals surface area contributed by atoms with Crippen LogP contribution in [0, 0.1) is 0 Å². The lowest BCUT2D eigenvalue weighted by Gasteiger charge is -2.43. The minimum atomic E-state index is -6.39. The van der Waals surface area contributed by atoms with E-state index in [0.29, 0.717) is 0 Å². The summed E-state index contributed by atoms with van der Waals surface area (Å²) in [4.78, 5) is -0.170. The van der Waals surface area contributed by atoms with Gasteiger partial charge in [-0.3, -0.25) is 0 Å². The molecule has 0 fully saturated rings. The van der Waals surface area contributed by atoms with E-state index in [-0.39, 0.29) is 61.4 Å². The molecule has 0 aliphatic heterocycles. The van der Waals surface area contributed by atoms with Crippen LogP contribution >= 0.6 is 10.3 Å². The van der Waals surface area contributed by atoms with Crippen LogP contribution in [0.3, 0.4) is 0 Å². The van der Waals surface area contributed by atoms with Crippen molar-refractivity contribution in [2.24, 2.45) is 0 Å². The van der Waals surface area contributed by atoms with Crippen LogP contribution < -0.4 is 28.4 Å². The fourth-order valence-electron chi connectivity index (χ4n) is 4.95. The number of halogens is 3. The number of hydrogen-bond donors (Lipinski definition) is 0. The van der Waals surface area contributed by atoms with Gasteiger partial charge in [0.15, 0.2) is 0 Å². The molecule has 3 aromatic carbocycles. The van der Waals surface area contributed by atoms with E-state index in [4.69, 9.17) is 32.1 Å². The van der Waals surface area contributed by atoms with Gasteiger partial charge in [-0.1, -0.05) is 18.2 Å². The molecule has 286 valence electrons. The van der Waals surface area contributed by atoms with Gasteiger partial charge in [-0.05, 0) is 106 Å². The molecule has 0 amide bonds. The van der Waals surface area contributed by atoms with Gasteiger partial charge in [0.1, 0.15) is 44.3 Å². The van der Waals surface area contributed by atoms with Crippen molar-refractivity contribution >= 4 is 20.4 Å². The van der Waals surface area contributed by atoms with Gasteiger partial charge in [0.25, 0.3) is 0 Å². The fraction of sp³-hybridized carbons (Fsp3) is 0.514. The third-order valence-corrected chi connectivity index (χ3v) is 11.3. The van der Waals surface area contributed by atoms with E-state index in [1.165, 1.54) is 36.4 Å². The average Bonchev–Trinajstić information content (AvgIpc) is 2.94. The van der Waals surface area contributed by atoms with Crippen molar-refractivity contribution in [2.75, 3.05) is 0 Å². The van der Waals surface area contributed by atoms with E-state index < -0.39 is 50.4 Å². The van der Waals surface area contributed by atoms with Gasteiger partial charge in [-0.15, -0.1) is 0 Å². The van der Waals surface area contributed by atoms with E-state index in [0.717, 1.165) is 0 Å². The van der Waals surface area contributed by atoms with Crippen LogP contribution in [0.15, 0.2) is 69.3 Å². The maximum absolute atomic E-state index is 14.7. The topological polar surface area (TPSA) is 98.8 Å². The predicted octanol–water partition coefficient (Wildman–Crippen LogP) is 10.5. The van der Waals surface area contributed by atoms with E-state index in [1.54, 1.807) is 73.6 Å². The highest BCUT2D eigenvalue weighted by Gasteiger charge is 2.55. The van der Waals surface area contributed by atoms with Crippen molar-refractivity contribution in [3.8, 4) is 34.5 Å². The van der Waals surface area contributed by atoms with Crippen LogP contribution in [0.1, 0.15) is 83.1 Å². The molecule has 3 aromatic rings. The number of hydrogen-bond acceptors (Lipinski definition) is 9. The molecule has 0 aliphatic rings. The lowest BCUT2D eigenvalue weighted by Crippen LogP contribution is -2.29. The molecule has 0 saturated heterocycles. The monoisotopic (exact) mass is 760 g/mol. The molecule has 51 heavy (non-hydrogen) atoms. The van der Waals surface area contributed by atoms with Gasteiger partial charge >= 0.3 is 15.6 Å². The Balaban J connectivity index is 2.86. The van der Waals surface area contributed by atoms with Gasteiger partial charge in [-0.2, -0.15) is 25.2 Å². The average molecular weight is 761 g/mol. The van der Waals surface area contributed by atoms with Crippen LogP contribution in [0.4, 0.5) is 13.2 Å². The van der Waals surface area contributed by atoms with Gasteiger partial charge in [-0.25, -0.2) is 0 Å². The molecule has 0 radical (unpaired) electrons. The molecule has 0 atom stereocenters. The second-order valence-corrected chi connectivity index (χ2v) is 17.6. The molecule has 0 N–H and O–H groups in total. The molecule has 0 bridgehead atoms. The quantitative estimate of drug-likeness (QED) is 0.125. The van der Waals surface area contributed by atoms with Crippen LogP contribution in [-0.4, -0.2) is 50.5 Å². The van der Waals surface area contributed by atoms with E-state index in [2.05, 4.69) is 0 Å². The summed E-state index contributed by atoms with van der Waals surface area (Å²) in [6.07, 6.45) is -2.80. The van der Waals surface area contributed by atoms with Gasteiger partial charge < -0.3 is 28.4 Å². The maximum Gasteiger partial charge on any atom is 0.524 e. The van der Waals surface area contributed by atoms with Crippen molar-refractivity contribution in [1.29, 1.82) is 0 Å². The number of alkyl halides is 3. The van der Waals surface area contributed by atoms with Crippen molar-refractivity contribution < 1.29 is 53.6 Å². The van der Waals surface area contributed by atoms with Crippen LogP contribution in [-0.2, 0) is 13.7 Å². The van der Waals surface area contributed by atoms with E-state index in [1.807, 2.05) is 27.7 Å². The van der Waals surface area contributed by atoms with Gasteiger partial charge in [0.05, 0.1) is 36.6 Å². The molecular weight excluding hydrogens is 710 g/mol. The smallest absolute Gasteiger partial charge is 0.491 e. The Hall–Kier alpha value is -3.49. The first-order valence-electron chi connectivity index (χ1n) is 16.8. The zero-order valence-corrected chi connectivity index (χ0v) is 32.9. The SMILES string of the molecule is CC(C)Oc1cc(OC(C)C)c(S(OS(=O)(=O)C(F)(F)F)(c2ccccc2)c2c(OC(C)C)cc(OC(C)C)cc2OC(C)C)c(OC(C)C)c1. The summed E-state index contributed by atoms with van der Waals surface area (Å²) in [5.41, 5.74) is -5.84. The molecule has 3 rings (SSSR count). The largest absolute Gasteiger partial charge is 0.524 e. The zero-order valence-electron chi connectivity index (χ0n) is 31.3. The number of ether oxygens (including phenoxy) is 6. The Labute approximate surface area is 302 Å². The number of benzene rings is 3. The third-order valence-electron chi connectivity index (χ3n) is 6.31. The minimum Gasteiger partial charge on any atom is -0.491 e. The van der Waals surface area contributed by atoms with Crippen LogP contribution in [0.2, 0.25) is 0 Å². The first-order chi connectivity index (χ1) is 23.6. The Morgan fingerprint density at radius 1 is 0.490 bits per heavy atom. The standard InChI is InChI=1S/C37H51F3O9S2/c1-22(2)43-28-18-31(45-24(5)6)35(32(19-28)46-25(7)8)50(30-16-14-13-15-17-30,49-51(41,42)37(38,39)40)36-33(47-26(9)10)20-29(44-23(3)4)21-34(36)48-27(11)12/h13-27H,1-12H3. The summed E-state index contributed by atoms with van der Waals surface area (Å²) in [6.45, 7) is 21.1. The maximum atomic E-state index is 14.7. The Morgan fingerprint density at radius 2 is 0.784 bits per heavy atom. The summed E-state index contributed by atoms with van der Waals surface area (Å²) < 4.78 is 115. The molecule has 0 spiro atoms. The molecule has 0 heterocycles. The summed E-state index contributed by atoms with van der Waals surface area (Å²) in [5, 5.41) is 0. The van der Waals surface area contributed by atoms with Gasteiger partial charge in [0.2, 0.25) is 0 Å². The van der Waals surface area contributed by atoms with Crippen molar-refractivity contribution in [1.82, 2.24) is 0 Å². The highest BCUT2D eigenvalue weighted by molar-refractivity contribution is 8.33. The van der Waals surface area contributed by atoms with Gasteiger partial charge in [0, 0.05) is 29.2 Å². The minimum absolute atomic E-state index is 0.0245. The Morgan fingerprint density at radius 3 is 1.04 bits per heavy atom. The molecule has 14 heteroatoms. The Kier molecular flexibility index (Phi) is 13.9. The van der Waals surface area contributed by atoms with E-state index in [9.17, 15) is 21.6 Å². The predicted molar refractivity (Wildman–Crippen MR) is 192 cm³/mol. The summed E-state index contributed by atoms with van der Waals surface area (Å²) in [6, 6.07) is 13.8. The third kappa shape index (κ3) is 10.5. The van der Waals surface area contributed by atoms with Crippen molar-refractivity contribution in [2.45, 2.75) is 140 Å². The molecule has 0 aromatic heterocycles. The summed E-state index contributed by atoms with van der Waals surface area (Å²) in [7, 11) is -10.6. The zero-order chi connectivity index (χ0) is 38.5.